The summed E-state index contributed by atoms with van der Waals surface area (Å²) in [5.41, 5.74) is -2.17. The number of hydrogen-bond acceptors (Lipinski definition) is 10. The molecule has 0 saturated carbocycles. The molecule has 1 aliphatic heterocycles. The minimum Gasteiger partial charge on any atom is -0.444 e. The predicted octanol–water partition coefficient (Wildman–Crippen LogP) is -0.439. The summed E-state index contributed by atoms with van der Waals surface area (Å²) in [6.45, 7) is 0.613. The molecule has 194 valence electrons. The first kappa shape index (κ1) is 27.0. The van der Waals surface area contributed by atoms with Crippen molar-refractivity contribution >= 4 is 15.6 Å². The van der Waals surface area contributed by atoms with Crippen molar-refractivity contribution < 1.29 is 56.3 Å². The highest BCUT2D eigenvalue weighted by atomic mass is 32.2. The number of ether oxygens (including phenoxy) is 2. The summed E-state index contributed by atoms with van der Waals surface area (Å²) in [4.78, 5) is 12.5. The smallest absolute Gasteiger partial charge is 0.416 e. The van der Waals surface area contributed by atoms with E-state index in [1.54, 1.807) is 0 Å². The molecule has 2 heterocycles. The van der Waals surface area contributed by atoms with Crippen LogP contribution in [0.25, 0.3) is 0 Å². The van der Waals surface area contributed by atoms with Crippen molar-refractivity contribution in [3.05, 3.63) is 40.6 Å². The van der Waals surface area contributed by atoms with Gasteiger partial charge in [-0.3, -0.25) is 4.79 Å². The number of aryl methyl sites for hydroxylation is 2. The van der Waals surface area contributed by atoms with E-state index in [0.29, 0.717) is 18.4 Å². The van der Waals surface area contributed by atoms with Crippen LogP contribution >= 0.6 is 0 Å². The van der Waals surface area contributed by atoms with Crippen LogP contribution in [0, 0.1) is 6.92 Å². The molecule has 0 amide bonds. The number of carbonyl (C=O) groups excluding carboxylic acids is 1. The first-order valence-corrected chi connectivity index (χ1v) is 11.9. The molecule has 0 aliphatic carbocycles. The van der Waals surface area contributed by atoms with Crippen molar-refractivity contribution in [2.24, 2.45) is 7.05 Å². The number of halogens is 3. The maximum Gasteiger partial charge on any atom is 0.416 e. The van der Waals surface area contributed by atoms with Crippen LogP contribution in [0.15, 0.2) is 23.1 Å². The lowest BCUT2D eigenvalue weighted by molar-refractivity contribution is -0.278. The Hall–Kier alpha value is -2.56. The molecule has 4 N–H and O–H groups in total. The summed E-state index contributed by atoms with van der Waals surface area (Å²) in [6.07, 6.45) is -12.5. The van der Waals surface area contributed by atoms with Gasteiger partial charge in [0.15, 0.2) is 9.84 Å². The Labute approximate surface area is 197 Å². The second kappa shape index (κ2) is 9.48. The van der Waals surface area contributed by atoms with Crippen LogP contribution in [0.1, 0.15) is 27.2 Å². The number of aliphatic hydroxyl groups excluding tert-OH is 4. The number of sulfone groups is 1. The highest BCUT2D eigenvalue weighted by Gasteiger charge is 2.45. The van der Waals surface area contributed by atoms with E-state index >= 15 is 0 Å². The molecule has 0 bridgehead atoms. The number of aliphatic hydroxyl groups is 4. The number of aromatic nitrogens is 2. The first-order chi connectivity index (χ1) is 16.1. The van der Waals surface area contributed by atoms with Crippen molar-refractivity contribution in [3.8, 4) is 5.88 Å². The molecule has 1 aliphatic rings. The number of alkyl halides is 3. The van der Waals surface area contributed by atoms with Crippen molar-refractivity contribution in [2.75, 3.05) is 12.9 Å². The molecule has 11 nitrogen and oxygen atoms in total. The van der Waals surface area contributed by atoms with Gasteiger partial charge >= 0.3 is 6.18 Å². The summed E-state index contributed by atoms with van der Waals surface area (Å²) in [5.74, 6) is -1.40. The first-order valence-electron chi connectivity index (χ1n) is 10.0. The summed E-state index contributed by atoms with van der Waals surface area (Å²) in [5, 5.41) is 43.5. The second-order valence-corrected chi connectivity index (χ2v) is 10.00. The Morgan fingerprint density at radius 1 is 1.20 bits per heavy atom. The fourth-order valence-electron chi connectivity index (χ4n) is 3.64. The molecule has 1 aromatic heterocycles. The molecule has 35 heavy (non-hydrogen) atoms. The molecular formula is C20H23F3N2O9S. The number of ketones is 1. The van der Waals surface area contributed by atoms with Crippen LogP contribution in [0.4, 0.5) is 13.2 Å². The zero-order valence-electron chi connectivity index (χ0n) is 18.6. The molecule has 1 saturated heterocycles. The molecule has 3 rings (SSSR count). The molecular weight excluding hydrogens is 501 g/mol. The molecule has 15 heteroatoms. The van der Waals surface area contributed by atoms with Gasteiger partial charge in [0.1, 0.15) is 30.0 Å². The molecule has 1 fully saturated rings. The molecule has 5 atom stereocenters. The Balaban J connectivity index is 2.08. The average molecular weight is 524 g/mol. The summed E-state index contributed by atoms with van der Waals surface area (Å²) >= 11 is 0. The minimum absolute atomic E-state index is 0.0106. The highest BCUT2D eigenvalue weighted by Crippen LogP contribution is 2.35. The van der Waals surface area contributed by atoms with Gasteiger partial charge in [-0.2, -0.15) is 18.3 Å². The van der Waals surface area contributed by atoms with E-state index in [9.17, 15) is 46.8 Å². The van der Waals surface area contributed by atoms with E-state index in [4.69, 9.17) is 9.47 Å². The fourth-order valence-corrected chi connectivity index (χ4v) is 4.54. The Morgan fingerprint density at radius 2 is 1.83 bits per heavy atom. The third-order valence-corrected chi connectivity index (χ3v) is 6.56. The van der Waals surface area contributed by atoms with E-state index in [0.717, 1.165) is 10.7 Å². The average Bonchev–Trinajstić information content (AvgIpc) is 3.04. The van der Waals surface area contributed by atoms with Gasteiger partial charge in [0, 0.05) is 18.9 Å². The molecule has 1 aromatic carbocycles. The van der Waals surface area contributed by atoms with Gasteiger partial charge in [0.25, 0.3) is 0 Å². The van der Waals surface area contributed by atoms with E-state index in [1.807, 2.05) is 0 Å². The monoisotopic (exact) mass is 524 g/mol. The van der Waals surface area contributed by atoms with Gasteiger partial charge in [-0.1, -0.05) is 0 Å². The minimum atomic E-state index is -4.86. The SMILES string of the molecule is Cc1nn(C)c(O[C@@H]2O[C@H](CO)[C@@H](O)[C@H](O)[C@H]2O)c1C(=O)c1ccc(C(F)(F)F)cc1S(C)(=O)=O. The lowest BCUT2D eigenvalue weighted by Gasteiger charge is -2.39. The van der Waals surface area contributed by atoms with Crippen LogP contribution in [0.3, 0.4) is 0 Å². The van der Waals surface area contributed by atoms with Crippen molar-refractivity contribution in [3.63, 3.8) is 0 Å². The van der Waals surface area contributed by atoms with E-state index in [2.05, 4.69) is 5.10 Å². The van der Waals surface area contributed by atoms with E-state index in [1.165, 1.54) is 14.0 Å². The van der Waals surface area contributed by atoms with Crippen LogP contribution in [0.5, 0.6) is 5.88 Å². The Kier molecular flexibility index (Phi) is 7.32. The third-order valence-electron chi connectivity index (χ3n) is 5.43. The number of carbonyl (C=O) groups is 1. The zero-order valence-corrected chi connectivity index (χ0v) is 19.4. The maximum absolute atomic E-state index is 13.4. The Bertz CT molecular complexity index is 1230. The number of rotatable bonds is 6. The van der Waals surface area contributed by atoms with Crippen molar-refractivity contribution in [2.45, 2.75) is 48.7 Å². The van der Waals surface area contributed by atoms with Gasteiger partial charge in [0.2, 0.25) is 18.0 Å². The standard InChI is InChI=1S/C20H23F3N2O9S/c1-8-13(14(27)10-5-4-9(20(21,22)23)6-12(10)35(3,31)32)18(25(2)24-8)34-19-17(30)16(29)15(28)11(7-26)33-19/h4-6,11,15-17,19,26,28-30H,7H2,1-3H3/t11-,15-,16+,17-,19+/m1/s1. The molecule has 0 unspecified atom stereocenters. The Morgan fingerprint density at radius 3 is 2.37 bits per heavy atom. The zero-order chi connectivity index (χ0) is 26.5. The second-order valence-electron chi connectivity index (χ2n) is 8.01. The summed E-state index contributed by atoms with van der Waals surface area (Å²) < 4.78 is 75.8. The van der Waals surface area contributed by atoms with Crippen LogP contribution in [-0.4, -0.2) is 88.0 Å². The van der Waals surface area contributed by atoms with Crippen LogP contribution in [0.2, 0.25) is 0 Å². The number of nitrogens with zero attached hydrogens (tertiary/aromatic N) is 2. The summed E-state index contributed by atoms with van der Waals surface area (Å²) in [6, 6.07) is 1.64. The van der Waals surface area contributed by atoms with Gasteiger partial charge in [-0.05, 0) is 25.1 Å². The number of benzene rings is 1. The highest BCUT2D eigenvalue weighted by molar-refractivity contribution is 7.90. The largest absolute Gasteiger partial charge is 0.444 e. The van der Waals surface area contributed by atoms with Gasteiger partial charge < -0.3 is 29.9 Å². The van der Waals surface area contributed by atoms with Gasteiger partial charge in [-0.25, -0.2) is 13.1 Å². The normalized spacial score (nSPS) is 25.5. The number of hydrogen-bond donors (Lipinski definition) is 4. The van der Waals surface area contributed by atoms with E-state index in [-0.39, 0.29) is 17.1 Å². The fraction of sp³-hybridized carbons (Fsp3) is 0.500. The van der Waals surface area contributed by atoms with Gasteiger partial charge in [0.05, 0.1) is 22.8 Å². The van der Waals surface area contributed by atoms with E-state index < -0.39 is 75.1 Å². The van der Waals surface area contributed by atoms with Crippen molar-refractivity contribution in [1.29, 1.82) is 0 Å². The molecule has 0 spiro atoms. The maximum atomic E-state index is 13.4. The molecule has 0 radical (unpaired) electrons. The lowest BCUT2D eigenvalue weighted by Crippen LogP contribution is -2.60. The third kappa shape index (κ3) is 5.19. The topological polar surface area (TPSA) is 168 Å². The van der Waals surface area contributed by atoms with Gasteiger partial charge in [-0.15, -0.1) is 0 Å². The lowest BCUT2D eigenvalue weighted by atomic mass is 9.99. The van der Waals surface area contributed by atoms with Crippen LogP contribution in [-0.2, 0) is 27.8 Å². The van der Waals surface area contributed by atoms with Crippen molar-refractivity contribution in [1.82, 2.24) is 9.78 Å². The quantitative estimate of drug-likeness (QED) is 0.364. The predicted molar refractivity (Wildman–Crippen MR) is 110 cm³/mol. The summed E-state index contributed by atoms with van der Waals surface area (Å²) in [7, 11) is -2.96. The van der Waals surface area contributed by atoms with Crippen LogP contribution < -0.4 is 4.74 Å². The molecule has 2 aromatic rings.